The lowest BCUT2D eigenvalue weighted by molar-refractivity contribution is -0.115. The second-order valence-corrected chi connectivity index (χ2v) is 6.15. The minimum Gasteiger partial charge on any atom is -0.491 e. The summed E-state index contributed by atoms with van der Waals surface area (Å²) in [5.41, 5.74) is 2.59. The summed E-state index contributed by atoms with van der Waals surface area (Å²) in [7, 11) is 3.18. The second-order valence-electron chi connectivity index (χ2n) is 6.15. The quantitative estimate of drug-likeness (QED) is 0.814. The molecule has 1 aliphatic rings. The van der Waals surface area contributed by atoms with E-state index in [2.05, 4.69) is 15.2 Å². The Labute approximate surface area is 159 Å². The number of carbonyl (C=O) groups is 1. The molecule has 0 saturated carbocycles. The molecule has 3 rings (SSSR count). The van der Waals surface area contributed by atoms with E-state index >= 15 is 0 Å². The number of amides is 1. The van der Waals surface area contributed by atoms with Crippen LogP contribution >= 0.6 is 0 Å². The molecule has 27 heavy (non-hydrogen) atoms. The first-order valence-corrected chi connectivity index (χ1v) is 8.88. The molecular weight excluding hydrogens is 344 g/mol. The SMILES string of the molecule is CNC(=O)/C=C/c1nc(-c2ccccc2C)nc(N2CCOCC2)c1OC. The fourth-order valence-corrected chi connectivity index (χ4v) is 2.94. The smallest absolute Gasteiger partial charge is 0.243 e. The molecule has 1 aliphatic heterocycles. The van der Waals surface area contributed by atoms with Crippen LogP contribution in [0.25, 0.3) is 17.5 Å². The van der Waals surface area contributed by atoms with Crippen molar-refractivity contribution >= 4 is 17.8 Å². The number of hydrogen-bond acceptors (Lipinski definition) is 6. The van der Waals surface area contributed by atoms with E-state index in [-0.39, 0.29) is 5.91 Å². The maximum Gasteiger partial charge on any atom is 0.243 e. The monoisotopic (exact) mass is 368 g/mol. The van der Waals surface area contributed by atoms with Crippen molar-refractivity contribution in [2.45, 2.75) is 6.92 Å². The van der Waals surface area contributed by atoms with Crippen molar-refractivity contribution in [3.05, 3.63) is 41.6 Å². The molecule has 1 aromatic heterocycles. The van der Waals surface area contributed by atoms with Gasteiger partial charge in [-0.1, -0.05) is 24.3 Å². The fourth-order valence-electron chi connectivity index (χ4n) is 2.94. The highest BCUT2D eigenvalue weighted by molar-refractivity contribution is 5.92. The maximum atomic E-state index is 11.7. The van der Waals surface area contributed by atoms with Gasteiger partial charge in [0.25, 0.3) is 0 Å². The fraction of sp³-hybridized carbons (Fsp3) is 0.350. The molecule has 7 heteroatoms. The predicted octanol–water partition coefficient (Wildman–Crippen LogP) is 2.06. The van der Waals surface area contributed by atoms with Crippen LogP contribution in [0.1, 0.15) is 11.3 Å². The van der Waals surface area contributed by atoms with Gasteiger partial charge in [-0.25, -0.2) is 9.97 Å². The maximum absolute atomic E-state index is 11.7. The van der Waals surface area contributed by atoms with Crippen molar-refractivity contribution < 1.29 is 14.3 Å². The Balaban J connectivity index is 2.15. The summed E-state index contributed by atoms with van der Waals surface area (Å²) in [5.74, 6) is 1.66. The lowest BCUT2D eigenvalue weighted by atomic mass is 10.1. The first kappa shape index (κ1) is 18.8. The number of nitrogens with one attached hydrogen (secondary N) is 1. The van der Waals surface area contributed by atoms with Gasteiger partial charge in [0, 0.05) is 31.8 Å². The van der Waals surface area contributed by atoms with E-state index in [0.29, 0.717) is 36.3 Å². The van der Waals surface area contributed by atoms with Crippen molar-refractivity contribution in [3.63, 3.8) is 0 Å². The predicted molar refractivity (Wildman–Crippen MR) is 105 cm³/mol. The Kier molecular flexibility index (Phi) is 6.03. The van der Waals surface area contributed by atoms with Gasteiger partial charge < -0.3 is 19.7 Å². The van der Waals surface area contributed by atoms with Gasteiger partial charge in [-0.15, -0.1) is 0 Å². The molecule has 0 aliphatic carbocycles. The van der Waals surface area contributed by atoms with E-state index in [1.807, 2.05) is 31.2 Å². The average Bonchev–Trinajstić information content (AvgIpc) is 2.72. The van der Waals surface area contributed by atoms with Crippen LogP contribution in [0, 0.1) is 6.92 Å². The zero-order valence-electron chi connectivity index (χ0n) is 15.9. The van der Waals surface area contributed by atoms with Crippen molar-refractivity contribution in [3.8, 4) is 17.1 Å². The van der Waals surface area contributed by atoms with Crippen LogP contribution < -0.4 is 15.0 Å². The Hall–Kier alpha value is -2.93. The van der Waals surface area contributed by atoms with Crippen LogP contribution in [0.4, 0.5) is 5.82 Å². The summed E-state index contributed by atoms with van der Waals surface area (Å²) >= 11 is 0. The summed E-state index contributed by atoms with van der Waals surface area (Å²) in [4.78, 5) is 23.3. The van der Waals surface area contributed by atoms with Crippen LogP contribution in [0.3, 0.4) is 0 Å². The summed E-state index contributed by atoms with van der Waals surface area (Å²) in [6.07, 6.45) is 3.10. The van der Waals surface area contributed by atoms with Crippen LogP contribution in [0.2, 0.25) is 0 Å². The first-order chi connectivity index (χ1) is 13.1. The third-order valence-corrected chi connectivity index (χ3v) is 4.41. The number of anilines is 1. The third-order valence-electron chi connectivity index (χ3n) is 4.41. The number of hydrogen-bond donors (Lipinski definition) is 1. The zero-order chi connectivity index (χ0) is 19.2. The van der Waals surface area contributed by atoms with E-state index in [0.717, 1.165) is 24.2 Å². The van der Waals surface area contributed by atoms with E-state index in [1.165, 1.54) is 6.08 Å². The molecular formula is C20H24N4O3. The number of aryl methyl sites for hydroxylation is 1. The summed E-state index contributed by atoms with van der Waals surface area (Å²) in [5, 5.41) is 2.57. The zero-order valence-corrected chi connectivity index (χ0v) is 15.9. The average molecular weight is 368 g/mol. The van der Waals surface area contributed by atoms with Gasteiger partial charge in [-0.05, 0) is 18.6 Å². The van der Waals surface area contributed by atoms with Crippen molar-refractivity contribution in [2.75, 3.05) is 45.4 Å². The molecule has 1 N–H and O–H groups in total. The lowest BCUT2D eigenvalue weighted by Gasteiger charge is -2.29. The normalized spacial score (nSPS) is 14.4. The van der Waals surface area contributed by atoms with Crippen LogP contribution in [0.5, 0.6) is 5.75 Å². The number of ether oxygens (including phenoxy) is 2. The minimum absolute atomic E-state index is 0.207. The van der Waals surface area contributed by atoms with Gasteiger partial charge in [0.2, 0.25) is 5.91 Å². The lowest BCUT2D eigenvalue weighted by Crippen LogP contribution is -2.37. The van der Waals surface area contributed by atoms with Gasteiger partial charge in [0.1, 0.15) is 5.69 Å². The van der Waals surface area contributed by atoms with Crippen molar-refractivity contribution in [1.82, 2.24) is 15.3 Å². The highest BCUT2D eigenvalue weighted by Gasteiger charge is 2.22. The van der Waals surface area contributed by atoms with Gasteiger partial charge in [0.15, 0.2) is 17.4 Å². The third kappa shape index (κ3) is 4.25. The van der Waals surface area contributed by atoms with E-state index < -0.39 is 0 Å². The Morgan fingerprint density at radius 3 is 2.67 bits per heavy atom. The summed E-state index contributed by atoms with van der Waals surface area (Å²) in [6, 6.07) is 7.96. The number of nitrogens with zero attached hydrogens (tertiary/aromatic N) is 3. The number of rotatable bonds is 5. The van der Waals surface area contributed by atoms with Crippen molar-refractivity contribution in [1.29, 1.82) is 0 Å². The molecule has 0 unspecified atom stereocenters. The molecule has 2 heterocycles. The number of methoxy groups -OCH3 is 1. The molecule has 1 amide bonds. The number of aromatic nitrogens is 2. The number of likely N-dealkylation sites (N-methyl/N-ethyl adjacent to an activating group) is 1. The molecule has 0 bridgehead atoms. The second kappa shape index (κ2) is 8.64. The number of benzene rings is 1. The van der Waals surface area contributed by atoms with Gasteiger partial charge in [-0.3, -0.25) is 4.79 Å². The topological polar surface area (TPSA) is 76.6 Å². The Morgan fingerprint density at radius 1 is 1.26 bits per heavy atom. The van der Waals surface area contributed by atoms with Crippen LogP contribution in [-0.2, 0) is 9.53 Å². The van der Waals surface area contributed by atoms with Gasteiger partial charge in [-0.2, -0.15) is 0 Å². The number of morpholine rings is 1. The molecule has 2 aromatic rings. The summed E-state index contributed by atoms with van der Waals surface area (Å²) < 4.78 is 11.1. The molecule has 142 valence electrons. The van der Waals surface area contributed by atoms with Crippen LogP contribution in [0.15, 0.2) is 30.3 Å². The molecule has 1 aromatic carbocycles. The van der Waals surface area contributed by atoms with Crippen molar-refractivity contribution in [2.24, 2.45) is 0 Å². The van der Waals surface area contributed by atoms with Crippen LogP contribution in [-0.4, -0.2) is 56.3 Å². The molecule has 1 fully saturated rings. The number of carbonyl (C=O) groups excluding carboxylic acids is 1. The molecule has 7 nitrogen and oxygen atoms in total. The molecule has 1 saturated heterocycles. The van der Waals surface area contributed by atoms with E-state index in [4.69, 9.17) is 14.5 Å². The Bertz CT molecular complexity index is 845. The molecule has 0 atom stereocenters. The van der Waals surface area contributed by atoms with E-state index in [9.17, 15) is 4.79 Å². The van der Waals surface area contributed by atoms with Gasteiger partial charge in [0.05, 0.1) is 20.3 Å². The molecule has 0 radical (unpaired) electrons. The Morgan fingerprint density at radius 2 is 2.00 bits per heavy atom. The highest BCUT2D eigenvalue weighted by Crippen LogP contribution is 2.33. The first-order valence-electron chi connectivity index (χ1n) is 8.88. The highest BCUT2D eigenvalue weighted by atomic mass is 16.5. The van der Waals surface area contributed by atoms with Gasteiger partial charge >= 0.3 is 0 Å². The summed E-state index contributed by atoms with van der Waals surface area (Å²) in [6.45, 7) is 4.74. The standard InChI is InChI=1S/C20H24N4O3/c1-14-6-4-5-7-15(14)19-22-16(8-9-17(25)21-2)18(26-3)20(23-19)24-10-12-27-13-11-24/h4-9H,10-13H2,1-3H3,(H,21,25)/b9-8+. The minimum atomic E-state index is -0.207. The van der Waals surface area contributed by atoms with E-state index in [1.54, 1.807) is 20.2 Å². The largest absolute Gasteiger partial charge is 0.491 e. The molecule has 0 spiro atoms.